The molecule has 2 aromatic rings. The summed E-state index contributed by atoms with van der Waals surface area (Å²) in [5, 5.41) is 8.74. The zero-order valence-corrected chi connectivity index (χ0v) is 12.8. The Balaban J connectivity index is 2.36. The minimum Gasteiger partial charge on any atom is -0.271 e. The van der Waals surface area contributed by atoms with Gasteiger partial charge >= 0.3 is 0 Å². The topological polar surface area (TPSA) is 63.8 Å². The molecule has 0 bridgehead atoms. The normalized spacial score (nSPS) is 12.4. The van der Waals surface area contributed by atoms with Crippen LogP contribution in [0.15, 0.2) is 24.3 Å². The number of hydrazine groups is 1. The lowest BCUT2D eigenvalue weighted by atomic mass is 9.97. The second-order valence-electron chi connectivity index (χ2n) is 4.90. The molecular weight excluding hydrogens is 291 g/mol. The van der Waals surface area contributed by atoms with Crippen LogP contribution in [0.5, 0.6) is 0 Å². The number of aryl methyl sites for hydroxylation is 2. The van der Waals surface area contributed by atoms with Gasteiger partial charge in [0.25, 0.3) is 0 Å². The molecule has 0 saturated carbocycles. The highest BCUT2D eigenvalue weighted by Gasteiger charge is 2.18. The smallest absolute Gasteiger partial charge is 0.126 e. The molecule has 0 aliphatic heterocycles. The predicted molar refractivity (Wildman–Crippen MR) is 81.3 cm³/mol. The summed E-state index contributed by atoms with van der Waals surface area (Å²) in [4.78, 5) is 0. The van der Waals surface area contributed by atoms with Gasteiger partial charge < -0.3 is 0 Å². The summed E-state index contributed by atoms with van der Waals surface area (Å²) in [6.45, 7) is 3.86. The monoisotopic (exact) mass is 308 g/mol. The molecular formula is C15H18ClFN4. The van der Waals surface area contributed by atoms with Gasteiger partial charge in [-0.05, 0) is 55.2 Å². The molecule has 2 rings (SSSR count). The van der Waals surface area contributed by atoms with Crippen LogP contribution in [0, 0.1) is 12.7 Å². The summed E-state index contributed by atoms with van der Waals surface area (Å²) in [6, 6.07) is 6.19. The number of benzene rings is 1. The van der Waals surface area contributed by atoms with Gasteiger partial charge in [-0.3, -0.25) is 11.3 Å². The predicted octanol–water partition coefficient (Wildman–Crippen LogP) is 2.89. The lowest BCUT2D eigenvalue weighted by Crippen LogP contribution is -2.31. The van der Waals surface area contributed by atoms with Crippen LogP contribution in [0.1, 0.15) is 35.5 Å². The van der Waals surface area contributed by atoms with E-state index in [-0.39, 0.29) is 11.9 Å². The quantitative estimate of drug-likeness (QED) is 0.658. The zero-order valence-electron chi connectivity index (χ0n) is 12.0. The highest BCUT2D eigenvalue weighted by atomic mass is 35.5. The molecule has 0 spiro atoms. The second kappa shape index (κ2) is 6.93. The Bertz CT molecular complexity index is 633. The first-order valence-corrected chi connectivity index (χ1v) is 7.16. The Morgan fingerprint density at radius 1 is 1.33 bits per heavy atom. The average Bonchev–Trinajstić information content (AvgIpc) is 2.48. The first-order chi connectivity index (χ1) is 10.0. The van der Waals surface area contributed by atoms with E-state index in [0.717, 1.165) is 23.4 Å². The summed E-state index contributed by atoms with van der Waals surface area (Å²) in [5.74, 6) is 5.37. The van der Waals surface area contributed by atoms with E-state index in [0.29, 0.717) is 17.0 Å². The lowest BCUT2D eigenvalue weighted by molar-refractivity contribution is 0.522. The summed E-state index contributed by atoms with van der Waals surface area (Å²) in [7, 11) is 0. The molecule has 1 aromatic heterocycles. The molecule has 6 heteroatoms. The molecule has 1 heterocycles. The van der Waals surface area contributed by atoms with Crippen molar-refractivity contribution in [2.24, 2.45) is 5.84 Å². The number of nitrogens with zero attached hydrogens (tertiary/aromatic N) is 2. The molecule has 0 fully saturated rings. The van der Waals surface area contributed by atoms with Gasteiger partial charge in [-0.1, -0.05) is 18.5 Å². The van der Waals surface area contributed by atoms with Gasteiger partial charge in [0.1, 0.15) is 5.82 Å². The van der Waals surface area contributed by atoms with E-state index in [1.807, 2.05) is 19.9 Å². The molecule has 3 N–H and O–H groups in total. The Kier molecular flexibility index (Phi) is 5.22. The third-order valence-electron chi connectivity index (χ3n) is 3.37. The van der Waals surface area contributed by atoms with Crippen molar-refractivity contribution in [2.75, 3.05) is 0 Å². The van der Waals surface area contributed by atoms with Gasteiger partial charge in [0, 0.05) is 5.02 Å². The molecule has 112 valence electrons. The first kappa shape index (κ1) is 15.8. The molecule has 21 heavy (non-hydrogen) atoms. The highest BCUT2D eigenvalue weighted by Crippen LogP contribution is 2.24. The number of nitrogens with one attached hydrogen (secondary N) is 1. The summed E-state index contributed by atoms with van der Waals surface area (Å²) in [5.41, 5.74) is 5.84. The number of nitrogens with two attached hydrogens (primary N) is 1. The maximum atomic E-state index is 13.9. The fraction of sp³-hybridized carbons (Fsp3) is 0.333. The average molecular weight is 309 g/mol. The molecule has 0 saturated heterocycles. The van der Waals surface area contributed by atoms with Gasteiger partial charge in [-0.15, -0.1) is 0 Å². The van der Waals surface area contributed by atoms with Crippen LogP contribution < -0.4 is 11.3 Å². The minimum atomic E-state index is -0.295. The first-order valence-electron chi connectivity index (χ1n) is 6.78. The van der Waals surface area contributed by atoms with Gasteiger partial charge in [-0.25, -0.2) is 4.39 Å². The van der Waals surface area contributed by atoms with Crippen LogP contribution in [-0.2, 0) is 12.8 Å². The number of aromatic nitrogens is 2. The standard InChI is InChI=1S/C15H18ClFN4/c1-3-14-12(6-9(2)20-21-14)15(19-18)8-10-7-11(16)4-5-13(10)17/h4-7,15,19H,3,8,18H2,1-2H3. The molecule has 1 aromatic carbocycles. The third-order valence-corrected chi connectivity index (χ3v) is 3.60. The number of hydrogen-bond donors (Lipinski definition) is 2. The van der Waals surface area contributed by atoms with Crippen molar-refractivity contribution in [1.29, 1.82) is 0 Å². The molecule has 0 aliphatic carbocycles. The van der Waals surface area contributed by atoms with E-state index in [1.165, 1.54) is 12.1 Å². The molecule has 0 radical (unpaired) electrons. The van der Waals surface area contributed by atoms with Crippen molar-refractivity contribution in [3.8, 4) is 0 Å². The highest BCUT2D eigenvalue weighted by molar-refractivity contribution is 6.30. The van der Waals surface area contributed by atoms with Crippen molar-refractivity contribution < 1.29 is 4.39 Å². The Labute approximate surface area is 128 Å². The number of halogens is 2. The van der Waals surface area contributed by atoms with E-state index >= 15 is 0 Å². The van der Waals surface area contributed by atoms with Gasteiger partial charge in [0.15, 0.2) is 0 Å². The number of rotatable bonds is 5. The summed E-state index contributed by atoms with van der Waals surface area (Å²) < 4.78 is 13.9. The second-order valence-corrected chi connectivity index (χ2v) is 5.34. The molecule has 1 unspecified atom stereocenters. The van der Waals surface area contributed by atoms with Crippen LogP contribution in [0.4, 0.5) is 4.39 Å². The van der Waals surface area contributed by atoms with E-state index < -0.39 is 0 Å². The van der Waals surface area contributed by atoms with E-state index in [2.05, 4.69) is 15.6 Å². The fourth-order valence-corrected chi connectivity index (χ4v) is 2.48. The summed E-state index contributed by atoms with van der Waals surface area (Å²) in [6.07, 6.45) is 1.12. The Hall–Kier alpha value is -1.56. The zero-order chi connectivity index (χ0) is 15.4. The van der Waals surface area contributed by atoms with Gasteiger partial charge in [0.2, 0.25) is 0 Å². The van der Waals surface area contributed by atoms with Crippen LogP contribution >= 0.6 is 11.6 Å². The van der Waals surface area contributed by atoms with E-state index in [1.54, 1.807) is 6.07 Å². The molecule has 1 atom stereocenters. The van der Waals surface area contributed by atoms with Crippen molar-refractivity contribution in [3.05, 3.63) is 57.6 Å². The molecule has 4 nitrogen and oxygen atoms in total. The van der Waals surface area contributed by atoms with Crippen LogP contribution in [0.3, 0.4) is 0 Å². The fourth-order valence-electron chi connectivity index (χ4n) is 2.29. The van der Waals surface area contributed by atoms with E-state index in [9.17, 15) is 4.39 Å². The van der Waals surface area contributed by atoms with Crippen LogP contribution in [0.2, 0.25) is 5.02 Å². The third kappa shape index (κ3) is 3.75. The number of hydrogen-bond acceptors (Lipinski definition) is 4. The van der Waals surface area contributed by atoms with Crippen molar-refractivity contribution in [2.45, 2.75) is 32.7 Å². The van der Waals surface area contributed by atoms with Crippen LogP contribution in [-0.4, -0.2) is 10.2 Å². The SMILES string of the molecule is CCc1nnc(C)cc1C(Cc1cc(Cl)ccc1F)NN. The summed E-state index contributed by atoms with van der Waals surface area (Å²) >= 11 is 5.93. The van der Waals surface area contributed by atoms with Gasteiger partial charge in [0.05, 0.1) is 17.4 Å². The van der Waals surface area contributed by atoms with E-state index in [4.69, 9.17) is 17.4 Å². The lowest BCUT2D eigenvalue weighted by Gasteiger charge is -2.19. The Morgan fingerprint density at radius 3 is 2.76 bits per heavy atom. The van der Waals surface area contributed by atoms with Crippen molar-refractivity contribution in [1.82, 2.24) is 15.6 Å². The maximum Gasteiger partial charge on any atom is 0.126 e. The van der Waals surface area contributed by atoms with Crippen molar-refractivity contribution in [3.63, 3.8) is 0 Å². The van der Waals surface area contributed by atoms with Gasteiger partial charge in [-0.2, -0.15) is 10.2 Å². The molecule has 0 amide bonds. The van der Waals surface area contributed by atoms with Crippen LogP contribution in [0.25, 0.3) is 0 Å². The van der Waals surface area contributed by atoms with Crippen molar-refractivity contribution >= 4 is 11.6 Å². The Morgan fingerprint density at radius 2 is 2.10 bits per heavy atom. The minimum absolute atomic E-state index is 0.248. The molecule has 0 aliphatic rings. The largest absolute Gasteiger partial charge is 0.271 e. The maximum absolute atomic E-state index is 13.9.